The number of aryl methyl sites for hydroxylation is 1. The third-order valence-corrected chi connectivity index (χ3v) is 3.42. The van der Waals surface area contributed by atoms with Gasteiger partial charge < -0.3 is 4.52 Å². The normalized spacial score (nSPS) is 10.6. The molecule has 2 heterocycles. The van der Waals surface area contributed by atoms with Crippen LogP contribution in [0.5, 0.6) is 0 Å². The number of hydrogen-bond acceptors (Lipinski definition) is 4. The summed E-state index contributed by atoms with van der Waals surface area (Å²) in [5.74, 6) is 1.34. The van der Waals surface area contributed by atoms with Gasteiger partial charge in [0.2, 0.25) is 0 Å². The van der Waals surface area contributed by atoms with Gasteiger partial charge in [-0.2, -0.15) is 4.98 Å². The molecule has 0 saturated carbocycles. The topological polar surface area (TPSA) is 38.9 Å². The molecule has 2 aromatic heterocycles. The van der Waals surface area contributed by atoms with Gasteiger partial charge in [-0.15, -0.1) is 11.3 Å². The maximum absolute atomic E-state index is 5.10. The maximum atomic E-state index is 5.10. The van der Waals surface area contributed by atoms with Gasteiger partial charge in [0.15, 0.2) is 5.82 Å². The predicted octanol–water partition coefficient (Wildman–Crippen LogP) is 3.12. The fourth-order valence-electron chi connectivity index (χ4n) is 0.936. The van der Waals surface area contributed by atoms with Gasteiger partial charge in [-0.3, -0.25) is 0 Å². The van der Waals surface area contributed by atoms with Crippen molar-refractivity contribution in [3.8, 4) is 10.8 Å². The van der Waals surface area contributed by atoms with E-state index in [9.17, 15) is 0 Å². The molecular formula is C8H7BrN2OS. The number of hydrogen-bond donors (Lipinski definition) is 0. The van der Waals surface area contributed by atoms with Gasteiger partial charge >= 0.3 is 0 Å². The molecule has 68 valence electrons. The summed E-state index contributed by atoms with van der Waals surface area (Å²) in [5.41, 5.74) is 0. The van der Waals surface area contributed by atoms with E-state index in [1.165, 1.54) is 0 Å². The first-order valence-electron chi connectivity index (χ1n) is 3.87. The van der Waals surface area contributed by atoms with Crippen LogP contribution in [-0.2, 0) is 6.42 Å². The van der Waals surface area contributed by atoms with E-state index >= 15 is 0 Å². The first-order chi connectivity index (χ1) is 6.31. The Morgan fingerprint density at radius 1 is 1.62 bits per heavy atom. The smallest absolute Gasteiger partial charge is 0.269 e. The zero-order chi connectivity index (χ0) is 9.26. The minimum absolute atomic E-state index is 0.596. The van der Waals surface area contributed by atoms with Crippen molar-refractivity contribution in [1.82, 2.24) is 10.1 Å². The highest BCUT2D eigenvalue weighted by molar-refractivity contribution is 9.10. The molecule has 0 bridgehead atoms. The Kier molecular flexibility index (Phi) is 2.46. The first-order valence-corrected chi connectivity index (χ1v) is 5.54. The zero-order valence-corrected chi connectivity index (χ0v) is 9.35. The van der Waals surface area contributed by atoms with Gasteiger partial charge in [0.05, 0.1) is 0 Å². The molecule has 2 rings (SSSR count). The fraction of sp³-hybridized carbons (Fsp3) is 0.250. The molecule has 0 aliphatic carbocycles. The molecule has 3 nitrogen and oxygen atoms in total. The highest BCUT2D eigenvalue weighted by atomic mass is 79.9. The number of halogens is 1. The summed E-state index contributed by atoms with van der Waals surface area (Å²) in [6.07, 6.45) is 0.798. The summed E-state index contributed by atoms with van der Waals surface area (Å²) in [4.78, 5) is 5.23. The van der Waals surface area contributed by atoms with Gasteiger partial charge in [0, 0.05) is 10.9 Å². The second-order valence-electron chi connectivity index (χ2n) is 2.47. The van der Waals surface area contributed by atoms with E-state index in [1.807, 2.05) is 18.4 Å². The van der Waals surface area contributed by atoms with E-state index in [0.29, 0.717) is 5.89 Å². The lowest BCUT2D eigenvalue weighted by molar-refractivity contribution is 0.424. The molecule has 0 atom stereocenters. The molecule has 0 aliphatic rings. The largest absolute Gasteiger partial charge is 0.333 e. The molecule has 0 unspecified atom stereocenters. The van der Waals surface area contributed by atoms with Crippen molar-refractivity contribution in [2.75, 3.05) is 0 Å². The Bertz CT molecular complexity index is 410. The van der Waals surface area contributed by atoms with Crippen LogP contribution >= 0.6 is 27.3 Å². The minimum atomic E-state index is 0.596. The summed E-state index contributed by atoms with van der Waals surface area (Å²) in [6.45, 7) is 2.00. The highest BCUT2D eigenvalue weighted by Crippen LogP contribution is 2.32. The van der Waals surface area contributed by atoms with E-state index in [4.69, 9.17) is 4.52 Å². The van der Waals surface area contributed by atoms with Crippen LogP contribution in [0, 0.1) is 0 Å². The molecule has 0 amide bonds. The molecular weight excluding hydrogens is 252 g/mol. The zero-order valence-electron chi connectivity index (χ0n) is 6.95. The molecule has 2 aromatic rings. The Labute approximate surface area is 87.9 Å². The van der Waals surface area contributed by atoms with Crippen molar-refractivity contribution in [2.45, 2.75) is 13.3 Å². The van der Waals surface area contributed by atoms with E-state index in [1.54, 1.807) is 11.3 Å². The average Bonchev–Trinajstić information content (AvgIpc) is 2.71. The SMILES string of the molecule is CCc1noc(-c2sccc2Br)n1. The molecule has 0 radical (unpaired) electrons. The van der Waals surface area contributed by atoms with Crippen molar-refractivity contribution in [2.24, 2.45) is 0 Å². The Balaban J connectivity index is 2.41. The van der Waals surface area contributed by atoms with Crippen molar-refractivity contribution in [3.63, 3.8) is 0 Å². The fourth-order valence-corrected chi connectivity index (χ4v) is 2.40. The maximum Gasteiger partial charge on any atom is 0.269 e. The average molecular weight is 259 g/mol. The van der Waals surface area contributed by atoms with Crippen molar-refractivity contribution in [1.29, 1.82) is 0 Å². The summed E-state index contributed by atoms with van der Waals surface area (Å²) >= 11 is 5.00. The monoisotopic (exact) mass is 258 g/mol. The predicted molar refractivity (Wildman–Crippen MR) is 54.7 cm³/mol. The Morgan fingerprint density at radius 3 is 3.00 bits per heavy atom. The van der Waals surface area contributed by atoms with Crippen LogP contribution in [0.1, 0.15) is 12.7 Å². The second kappa shape index (κ2) is 3.59. The van der Waals surface area contributed by atoms with Crippen LogP contribution in [0.2, 0.25) is 0 Å². The molecule has 5 heteroatoms. The van der Waals surface area contributed by atoms with Crippen LogP contribution < -0.4 is 0 Å². The molecule has 13 heavy (non-hydrogen) atoms. The van der Waals surface area contributed by atoms with E-state index in [-0.39, 0.29) is 0 Å². The quantitative estimate of drug-likeness (QED) is 0.831. The second-order valence-corrected chi connectivity index (χ2v) is 4.24. The number of aromatic nitrogens is 2. The third-order valence-electron chi connectivity index (χ3n) is 1.60. The molecule has 0 saturated heterocycles. The lowest BCUT2D eigenvalue weighted by Gasteiger charge is -1.86. The molecule has 0 aliphatic heterocycles. The molecule has 0 N–H and O–H groups in total. The first kappa shape index (κ1) is 8.90. The van der Waals surface area contributed by atoms with Gasteiger partial charge in [0.1, 0.15) is 4.88 Å². The summed E-state index contributed by atoms with van der Waals surface area (Å²) in [7, 11) is 0. The lowest BCUT2D eigenvalue weighted by atomic mass is 10.4. The third kappa shape index (κ3) is 1.66. The molecule has 0 spiro atoms. The summed E-state index contributed by atoms with van der Waals surface area (Å²) < 4.78 is 6.10. The molecule has 0 aromatic carbocycles. The van der Waals surface area contributed by atoms with Crippen molar-refractivity contribution < 1.29 is 4.52 Å². The van der Waals surface area contributed by atoms with Crippen LogP contribution in [0.25, 0.3) is 10.8 Å². The van der Waals surface area contributed by atoms with Crippen molar-refractivity contribution in [3.05, 3.63) is 21.7 Å². The highest BCUT2D eigenvalue weighted by Gasteiger charge is 2.11. The minimum Gasteiger partial charge on any atom is -0.333 e. The van der Waals surface area contributed by atoms with Gasteiger partial charge in [-0.05, 0) is 27.4 Å². The number of thiophene rings is 1. The summed E-state index contributed by atoms with van der Waals surface area (Å²) in [5, 5.41) is 5.81. The van der Waals surface area contributed by atoms with Gasteiger partial charge in [-0.25, -0.2) is 0 Å². The Hall–Kier alpha value is -0.680. The van der Waals surface area contributed by atoms with Crippen LogP contribution in [0.15, 0.2) is 20.4 Å². The van der Waals surface area contributed by atoms with E-state index < -0.39 is 0 Å². The van der Waals surface area contributed by atoms with E-state index in [0.717, 1.165) is 21.6 Å². The van der Waals surface area contributed by atoms with Crippen molar-refractivity contribution >= 4 is 27.3 Å². The van der Waals surface area contributed by atoms with Gasteiger partial charge in [-0.1, -0.05) is 12.1 Å². The summed E-state index contributed by atoms with van der Waals surface area (Å²) in [6, 6.07) is 1.97. The number of rotatable bonds is 2. The molecule has 0 fully saturated rings. The van der Waals surface area contributed by atoms with Crippen LogP contribution in [-0.4, -0.2) is 10.1 Å². The number of nitrogens with zero attached hydrogens (tertiary/aromatic N) is 2. The standard InChI is InChI=1S/C8H7BrN2OS/c1-2-6-10-8(12-11-6)7-5(9)3-4-13-7/h3-4H,2H2,1H3. The Morgan fingerprint density at radius 2 is 2.46 bits per heavy atom. The van der Waals surface area contributed by atoms with Crippen LogP contribution in [0.4, 0.5) is 0 Å². The van der Waals surface area contributed by atoms with E-state index in [2.05, 4.69) is 26.1 Å². The van der Waals surface area contributed by atoms with Crippen LogP contribution in [0.3, 0.4) is 0 Å². The van der Waals surface area contributed by atoms with Gasteiger partial charge in [0.25, 0.3) is 5.89 Å². The lowest BCUT2D eigenvalue weighted by Crippen LogP contribution is -1.81.